The molecular formula is C14H22N2. The lowest BCUT2D eigenvalue weighted by molar-refractivity contribution is 0.363. The molecule has 2 N–H and O–H groups in total. The van der Waals surface area contributed by atoms with Crippen molar-refractivity contribution in [2.75, 3.05) is 11.4 Å². The summed E-state index contributed by atoms with van der Waals surface area (Å²) in [5.41, 5.74) is 8.41. The van der Waals surface area contributed by atoms with Gasteiger partial charge in [-0.1, -0.05) is 25.1 Å². The average molecular weight is 218 g/mol. The molecular weight excluding hydrogens is 196 g/mol. The van der Waals surface area contributed by atoms with E-state index in [2.05, 4.69) is 43.0 Å². The molecule has 2 nitrogen and oxygen atoms in total. The van der Waals surface area contributed by atoms with Gasteiger partial charge in [0.05, 0.1) is 0 Å². The first-order valence-corrected chi connectivity index (χ1v) is 6.28. The van der Waals surface area contributed by atoms with Crippen LogP contribution in [0.15, 0.2) is 24.3 Å². The summed E-state index contributed by atoms with van der Waals surface area (Å²) in [6.45, 7) is 6.48. The maximum Gasteiger partial charge on any atom is 0.0414 e. The second-order valence-electron chi connectivity index (χ2n) is 4.89. The molecule has 1 fully saturated rings. The first kappa shape index (κ1) is 11.5. The van der Waals surface area contributed by atoms with Crippen molar-refractivity contribution in [3.63, 3.8) is 0 Å². The third kappa shape index (κ3) is 2.07. The highest BCUT2D eigenvalue weighted by molar-refractivity contribution is 5.54. The van der Waals surface area contributed by atoms with E-state index in [0.717, 1.165) is 5.92 Å². The molecule has 0 bridgehead atoms. The zero-order chi connectivity index (χ0) is 11.5. The van der Waals surface area contributed by atoms with Crippen LogP contribution in [0.2, 0.25) is 0 Å². The van der Waals surface area contributed by atoms with Crippen molar-refractivity contribution in [3.05, 3.63) is 29.8 Å². The number of nitrogens with two attached hydrogens (primary N) is 1. The lowest BCUT2D eigenvalue weighted by atomic mass is 9.91. The quantitative estimate of drug-likeness (QED) is 0.827. The lowest BCUT2D eigenvalue weighted by Gasteiger charge is -2.40. The number of para-hydroxylation sites is 1. The van der Waals surface area contributed by atoms with Gasteiger partial charge in [-0.05, 0) is 37.3 Å². The van der Waals surface area contributed by atoms with E-state index in [4.69, 9.17) is 5.73 Å². The molecule has 2 heteroatoms. The molecule has 1 aliphatic rings. The Bertz CT molecular complexity index is 348. The topological polar surface area (TPSA) is 29.3 Å². The highest BCUT2D eigenvalue weighted by Crippen LogP contribution is 2.30. The van der Waals surface area contributed by atoms with Crippen LogP contribution in [0.4, 0.5) is 5.69 Å². The first-order chi connectivity index (χ1) is 7.74. The van der Waals surface area contributed by atoms with Crippen molar-refractivity contribution in [2.24, 2.45) is 11.7 Å². The number of anilines is 1. The summed E-state index contributed by atoms with van der Waals surface area (Å²) in [6.07, 6.45) is 2.65. The van der Waals surface area contributed by atoms with E-state index in [0.29, 0.717) is 12.6 Å². The van der Waals surface area contributed by atoms with E-state index in [-0.39, 0.29) is 0 Å². The molecule has 1 aliphatic heterocycles. The van der Waals surface area contributed by atoms with Gasteiger partial charge in [0, 0.05) is 24.8 Å². The van der Waals surface area contributed by atoms with E-state index < -0.39 is 0 Å². The average Bonchev–Trinajstić information content (AvgIpc) is 2.33. The summed E-state index contributed by atoms with van der Waals surface area (Å²) in [7, 11) is 0. The molecule has 1 saturated heterocycles. The van der Waals surface area contributed by atoms with Gasteiger partial charge in [-0.25, -0.2) is 0 Å². The predicted octanol–water partition coefficient (Wildman–Crippen LogP) is 2.77. The summed E-state index contributed by atoms with van der Waals surface area (Å²) in [4.78, 5) is 2.52. The largest absolute Gasteiger partial charge is 0.368 e. The summed E-state index contributed by atoms with van der Waals surface area (Å²) >= 11 is 0. The van der Waals surface area contributed by atoms with Gasteiger partial charge in [-0.3, -0.25) is 0 Å². The minimum Gasteiger partial charge on any atom is -0.368 e. The Hall–Kier alpha value is -1.02. The van der Waals surface area contributed by atoms with Crippen molar-refractivity contribution in [2.45, 2.75) is 39.3 Å². The number of piperidine rings is 1. The Morgan fingerprint density at radius 2 is 2.06 bits per heavy atom. The third-order valence-corrected chi connectivity index (χ3v) is 3.89. The van der Waals surface area contributed by atoms with Crippen LogP contribution in [0.1, 0.15) is 32.3 Å². The fraction of sp³-hybridized carbons (Fsp3) is 0.571. The Labute approximate surface area is 98.4 Å². The van der Waals surface area contributed by atoms with Gasteiger partial charge in [-0.2, -0.15) is 0 Å². The molecule has 0 spiro atoms. The minimum atomic E-state index is 0.626. The number of hydrogen-bond donors (Lipinski definition) is 1. The Morgan fingerprint density at radius 3 is 2.81 bits per heavy atom. The molecule has 1 heterocycles. The van der Waals surface area contributed by atoms with E-state index >= 15 is 0 Å². The number of nitrogens with zero attached hydrogens (tertiary/aromatic N) is 1. The van der Waals surface area contributed by atoms with Crippen molar-refractivity contribution in [1.29, 1.82) is 0 Å². The van der Waals surface area contributed by atoms with Gasteiger partial charge >= 0.3 is 0 Å². The molecule has 2 rings (SSSR count). The molecule has 88 valence electrons. The van der Waals surface area contributed by atoms with Crippen molar-refractivity contribution >= 4 is 5.69 Å². The van der Waals surface area contributed by atoms with Gasteiger partial charge in [0.25, 0.3) is 0 Å². The zero-order valence-corrected chi connectivity index (χ0v) is 10.3. The number of rotatable bonds is 2. The zero-order valence-electron chi connectivity index (χ0n) is 10.3. The molecule has 0 amide bonds. The third-order valence-electron chi connectivity index (χ3n) is 3.89. The van der Waals surface area contributed by atoms with Gasteiger partial charge in [-0.15, -0.1) is 0 Å². The van der Waals surface area contributed by atoms with Crippen LogP contribution in [0.25, 0.3) is 0 Å². The summed E-state index contributed by atoms with van der Waals surface area (Å²) in [5, 5.41) is 0. The van der Waals surface area contributed by atoms with E-state index in [9.17, 15) is 0 Å². The van der Waals surface area contributed by atoms with Crippen LogP contribution in [0.5, 0.6) is 0 Å². The van der Waals surface area contributed by atoms with Gasteiger partial charge in [0.2, 0.25) is 0 Å². The van der Waals surface area contributed by atoms with Gasteiger partial charge < -0.3 is 10.6 Å². The lowest BCUT2D eigenvalue weighted by Crippen LogP contribution is -2.43. The summed E-state index contributed by atoms with van der Waals surface area (Å²) < 4.78 is 0. The first-order valence-electron chi connectivity index (χ1n) is 6.28. The van der Waals surface area contributed by atoms with E-state index in [1.54, 1.807) is 0 Å². The van der Waals surface area contributed by atoms with Crippen LogP contribution < -0.4 is 10.6 Å². The number of benzene rings is 1. The smallest absolute Gasteiger partial charge is 0.0414 e. The van der Waals surface area contributed by atoms with Crippen molar-refractivity contribution < 1.29 is 0 Å². The molecule has 0 radical (unpaired) electrons. The van der Waals surface area contributed by atoms with Gasteiger partial charge in [0.15, 0.2) is 0 Å². The molecule has 0 aromatic heterocycles. The van der Waals surface area contributed by atoms with E-state index in [1.165, 1.54) is 30.6 Å². The second kappa shape index (κ2) is 4.88. The van der Waals surface area contributed by atoms with Crippen LogP contribution in [-0.2, 0) is 6.54 Å². The molecule has 16 heavy (non-hydrogen) atoms. The molecule has 0 saturated carbocycles. The van der Waals surface area contributed by atoms with Crippen LogP contribution in [0.3, 0.4) is 0 Å². The molecule has 2 unspecified atom stereocenters. The monoisotopic (exact) mass is 218 g/mol. The fourth-order valence-corrected chi connectivity index (χ4v) is 2.64. The van der Waals surface area contributed by atoms with Gasteiger partial charge in [0.1, 0.15) is 0 Å². The van der Waals surface area contributed by atoms with Crippen molar-refractivity contribution in [3.8, 4) is 0 Å². The van der Waals surface area contributed by atoms with Crippen LogP contribution in [0, 0.1) is 5.92 Å². The Morgan fingerprint density at radius 1 is 1.31 bits per heavy atom. The predicted molar refractivity (Wildman–Crippen MR) is 69.5 cm³/mol. The SMILES string of the molecule is CC1CCCN(c2ccccc2CN)C1C. The van der Waals surface area contributed by atoms with E-state index in [1.807, 2.05) is 0 Å². The minimum absolute atomic E-state index is 0.626. The highest BCUT2D eigenvalue weighted by atomic mass is 15.2. The second-order valence-corrected chi connectivity index (χ2v) is 4.89. The number of hydrogen-bond acceptors (Lipinski definition) is 2. The molecule has 2 atom stereocenters. The summed E-state index contributed by atoms with van der Waals surface area (Å²) in [5.74, 6) is 0.777. The van der Waals surface area contributed by atoms with Crippen LogP contribution >= 0.6 is 0 Å². The summed E-state index contributed by atoms with van der Waals surface area (Å²) in [6, 6.07) is 9.16. The molecule has 0 aliphatic carbocycles. The Kier molecular flexibility index (Phi) is 3.49. The molecule has 1 aromatic carbocycles. The highest BCUT2D eigenvalue weighted by Gasteiger charge is 2.25. The fourth-order valence-electron chi connectivity index (χ4n) is 2.64. The maximum absolute atomic E-state index is 5.81. The molecule has 1 aromatic rings. The standard InChI is InChI=1S/C14H22N2/c1-11-6-5-9-16(12(11)2)14-8-4-3-7-13(14)10-15/h3-4,7-8,11-12H,5-6,9-10,15H2,1-2H3. The maximum atomic E-state index is 5.81. The van der Waals surface area contributed by atoms with Crippen LogP contribution in [-0.4, -0.2) is 12.6 Å². The Balaban J connectivity index is 2.28. The normalized spacial score (nSPS) is 25.8. The van der Waals surface area contributed by atoms with Crippen molar-refractivity contribution in [1.82, 2.24) is 0 Å².